The van der Waals surface area contributed by atoms with Crippen molar-refractivity contribution in [3.05, 3.63) is 30.4 Å². The molecule has 2 N–H and O–H groups in total. The topological polar surface area (TPSA) is 107 Å². The molecule has 7 heteroatoms. The highest BCUT2D eigenvalue weighted by molar-refractivity contribution is 5.85. The van der Waals surface area contributed by atoms with Crippen LogP contribution in [0.5, 0.6) is 0 Å². The number of para-hydroxylation sites is 1. The molecule has 0 unspecified atom stereocenters. The van der Waals surface area contributed by atoms with Crippen LogP contribution in [0, 0.1) is 11.3 Å². The van der Waals surface area contributed by atoms with E-state index in [4.69, 9.17) is 15.4 Å². The second-order valence-electron chi connectivity index (χ2n) is 3.31. The van der Waals surface area contributed by atoms with Gasteiger partial charge in [0, 0.05) is 0 Å². The van der Waals surface area contributed by atoms with E-state index < -0.39 is 0 Å². The highest BCUT2D eigenvalue weighted by atomic mass is 16.4. The number of oxazole rings is 1. The molecular formula is C10H6N6O. The number of rotatable bonds is 1. The Morgan fingerprint density at radius 1 is 1.41 bits per heavy atom. The van der Waals surface area contributed by atoms with Crippen LogP contribution >= 0.6 is 0 Å². The molecule has 0 bridgehead atoms. The van der Waals surface area contributed by atoms with E-state index in [2.05, 4.69) is 15.1 Å². The Kier molecular flexibility index (Phi) is 1.82. The smallest absolute Gasteiger partial charge is 0.325 e. The second kappa shape index (κ2) is 3.31. The van der Waals surface area contributed by atoms with E-state index in [1.807, 2.05) is 6.07 Å². The van der Waals surface area contributed by atoms with Gasteiger partial charge in [0.25, 0.3) is 5.82 Å². The van der Waals surface area contributed by atoms with Crippen molar-refractivity contribution in [3.8, 4) is 12.1 Å². The summed E-state index contributed by atoms with van der Waals surface area (Å²) in [5, 5.41) is 12.5. The van der Waals surface area contributed by atoms with Gasteiger partial charge in [0.15, 0.2) is 5.58 Å². The van der Waals surface area contributed by atoms with E-state index in [-0.39, 0.29) is 11.8 Å². The number of anilines is 1. The molecule has 3 rings (SSSR count). The number of benzene rings is 1. The molecule has 0 spiro atoms. The van der Waals surface area contributed by atoms with Crippen LogP contribution < -0.4 is 5.73 Å². The van der Waals surface area contributed by atoms with Gasteiger partial charge < -0.3 is 10.2 Å². The van der Waals surface area contributed by atoms with Gasteiger partial charge in [0.05, 0.1) is 5.69 Å². The Hall–Kier alpha value is -2.88. The molecule has 7 nitrogen and oxygen atoms in total. The fraction of sp³-hybridized carbons (Fsp3) is 0. The molecular weight excluding hydrogens is 220 g/mol. The summed E-state index contributed by atoms with van der Waals surface area (Å²) in [6, 6.07) is 7.31. The summed E-state index contributed by atoms with van der Waals surface area (Å²) in [4.78, 5) is 7.95. The van der Waals surface area contributed by atoms with Crippen molar-refractivity contribution >= 4 is 16.8 Å². The number of aromatic nitrogens is 4. The summed E-state index contributed by atoms with van der Waals surface area (Å²) in [5.41, 5.74) is 7.42. The molecule has 2 heterocycles. The number of nitrogens with zero attached hydrogens (tertiary/aromatic N) is 5. The summed E-state index contributed by atoms with van der Waals surface area (Å²) in [7, 11) is 0. The van der Waals surface area contributed by atoms with Crippen LogP contribution in [-0.2, 0) is 0 Å². The molecule has 0 saturated carbocycles. The lowest BCUT2D eigenvalue weighted by atomic mass is 10.3. The fourth-order valence-corrected chi connectivity index (χ4v) is 1.46. The molecule has 0 aliphatic heterocycles. The molecule has 0 saturated heterocycles. The van der Waals surface area contributed by atoms with Gasteiger partial charge in [-0.1, -0.05) is 6.07 Å². The minimum absolute atomic E-state index is 0.0558. The fourth-order valence-electron chi connectivity index (χ4n) is 1.46. The number of nitrogen functional groups attached to an aromatic ring is 1. The third kappa shape index (κ3) is 1.39. The maximum absolute atomic E-state index is 8.62. The van der Waals surface area contributed by atoms with Gasteiger partial charge in [0.1, 0.15) is 17.9 Å². The van der Waals surface area contributed by atoms with E-state index in [1.54, 1.807) is 18.2 Å². The zero-order valence-corrected chi connectivity index (χ0v) is 8.53. The first-order chi connectivity index (χ1) is 8.28. The molecule has 0 atom stereocenters. The third-order valence-electron chi connectivity index (χ3n) is 2.23. The summed E-state index contributed by atoms with van der Waals surface area (Å²) in [6.07, 6.45) is 1.36. The van der Waals surface area contributed by atoms with Gasteiger partial charge in [0.2, 0.25) is 0 Å². The zero-order valence-electron chi connectivity index (χ0n) is 8.53. The van der Waals surface area contributed by atoms with Crippen LogP contribution in [0.2, 0.25) is 0 Å². The molecule has 0 amide bonds. The van der Waals surface area contributed by atoms with Crippen LogP contribution in [0.25, 0.3) is 17.1 Å². The van der Waals surface area contributed by atoms with Crippen molar-refractivity contribution in [2.45, 2.75) is 0 Å². The summed E-state index contributed by atoms with van der Waals surface area (Å²) >= 11 is 0. The van der Waals surface area contributed by atoms with Gasteiger partial charge in [-0.2, -0.15) is 14.9 Å². The minimum Gasteiger partial charge on any atom is -0.422 e. The van der Waals surface area contributed by atoms with Crippen LogP contribution in [0.3, 0.4) is 0 Å². The predicted octanol–water partition coefficient (Wildman–Crippen LogP) is 0.862. The van der Waals surface area contributed by atoms with E-state index in [9.17, 15) is 0 Å². The van der Waals surface area contributed by atoms with Crippen molar-refractivity contribution in [3.63, 3.8) is 0 Å². The lowest BCUT2D eigenvalue weighted by molar-refractivity contribution is 0.542. The van der Waals surface area contributed by atoms with Crippen molar-refractivity contribution in [1.82, 2.24) is 19.7 Å². The largest absolute Gasteiger partial charge is 0.422 e. The molecule has 0 fully saturated rings. The Labute approximate surface area is 95.1 Å². The molecule has 17 heavy (non-hydrogen) atoms. The van der Waals surface area contributed by atoms with Gasteiger partial charge in [-0.3, -0.25) is 0 Å². The quantitative estimate of drug-likeness (QED) is 0.617. The number of fused-ring (bicyclic) bond motifs is 1. The lowest BCUT2D eigenvalue weighted by Gasteiger charge is -1.88. The van der Waals surface area contributed by atoms with Gasteiger partial charge >= 0.3 is 6.01 Å². The number of nitriles is 1. The van der Waals surface area contributed by atoms with E-state index >= 15 is 0 Å². The Bertz CT molecular complexity index is 735. The number of hydrogen-bond acceptors (Lipinski definition) is 6. The minimum atomic E-state index is 0.0558. The van der Waals surface area contributed by atoms with Gasteiger partial charge in [-0.05, 0) is 12.1 Å². The molecule has 0 aliphatic rings. The average molecular weight is 226 g/mol. The molecule has 82 valence electrons. The maximum atomic E-state index is 8.62. The molecule has 2 aromatic heterocycles. The van der Waals surface area contributed by atoms with Crippen molar-refractivity contribution < 1.29 is 4.42 Å². The third-order valence-corrected chi connectivity index (χ3v) is 2.23. The standard InChI is InChI=1S/C10H6N6O/c11-4-8-13-5-16(15-8)10-14-9-6(12)2-1-3-7(9)17-10/h1-3,5H,12H2. The van der Waals surface area contributed by atoms with E-state index in [0.717, 1.165) is 0 Å². The lowest BCUT2D eigenvalue weighted by Crippen LogP contribution is -1.95. The van der Waals surface area contributed by atoms with Gasteiger partial charge in [-0.25, -0.2) is 4.98 Å². The van der Waals surface area contributed by atoms with Crippen molar-refractivity contribution in [2.75, 3.05) is 5.73 Å². The van der Waals surface area contributed by atoms with Crippen LogP contribution in [0.4, 0.5) is 5.69 Å². The summed E-state index contributed by atoms with van der Waals surface area (Å²) in [6.45, 7) is 0. The first-order valence-electron chi connectivity index (χ1n) is 4.75. The van der Waals surface area contributed by atoms with Crippen LogP contribution in [-0.4, -0.2) is 19.7 Å². The highest BCUT2D eigenvalue weighted by Gasteiger charge is 2.11. The van der Waals surface area contributed by atoms with Crippen molar-refractivity contribution in [1.29, 1.82) is 5.26 Å². The summed E-state index contributed by atoms with van der Waals surface area (Å²) < 4.78 is 6.74. The maximum Gasteiger partial charge on any atom is 0.325 e. The van der Waals surface area contributed by atoms with E-state index in [1.165, 1.54) is 11.0 Å². The Morgan fingerprint density at radius 2 is 2.29 bits per heavy atom. The van der Waals surface area contributed by atoms with Crippen molar-refractivity contribution in [2.24, 2.45) is 0 Å². The Balaban J connectivity index is 2.18. The monoisotopic (exact) mass is 226 g/mol. The Morgan fingerprint density at radius 3 is 3.00 bits per heavy atom. The predicted molar refractivity (Wildman–Crippen MR) is 58.1 cm³/mol. The normalized spacial score (nSPS) is 10.5. The average Bonchev–Trinajstić information content (AvgIpc) is 2.95. The number of hydrogen-bond donors (Lipinski definition) is 1. The molecule has 0 radical (unpaired) electrons. The second-order valence-corrected chi connectivity index (χ2v) is 3.31. The zero-order chi connectivity index (χ0) is 11.8. The van der Waals surface area contributed by atoms with Crippen LogP contribution in [0.15, 0.2) is 28.9 Å². The SMILES string of the molecule is N#Cc1ncn(-c2nc3c(N)cccc3o2)n1. The first kappa shape index (κ1) is 9.35. The van der Waals surface area contributed by atoms with E-state index in [0.29, 0.717) is 16.8 Å². The first-order valence-corrected chi connectivity index (χ1v) is 4.75. The van der Waals surface area contributed by atoms with Crippen LogP contribution in [0.1, 0.15) is 5.82 Å². The summed E-state index contributed by atoms with van der Waals surface area (Å²) in [5.74, 6) is 0.0558. The number of nitrogens with two attached hydrogens (primary N) is 1. The highest BCUT2D eigenvalue weighted by Crippen LogP contribution is 2.22. The molecule has 3 aromatic rings. The molecule has 1 aromatic carbocycles. The van der Waals surface area contributed by atoms with Gasteiger partial charge in [-0.15, -0.1) is 5.10 Å². The molecule has 0 aliphatic carbocycles.